The Morgan fingerprint density at radius 3 is 2.73 bits per heavy atom. The van der Waals surface area contributed by atoms with Gasteiger partial charge < -0.3 is 4.90 Å². The van der Waals surface area contributed by atoms with Crippen molar-refractivity contribution < 1.29 is 9.59 Å². The van der Waals surface area contributed by atoms with Gasteiger partial charge in [0.2, 0.25) is 0 Å². The number of fused-ring (bicyclic) bond motifs is 1. The van der Waals surface area contributed by atoms with Gasteiger partial charge in [0.15, 0.2) is 0 Å². The van der Waals surface area contributed by atoms with E-state index < -0.39 is 0 Å². The van der Waals surface area contributed by atoms with Gasteiger partial charge in [0.05, 0.1) is 5.69 Å². The Hall–Kier alpha value is -1.69. The predicted molar refractivity (Wildman–Crippen MR) is 87.0 cm³/mol. The van der Waals surface area contributed by atoms with E-state index in [2.05, 4.69) is 27.8 Å². The summed E-state index contributed by atoms with van der Waals surface area (Å²) < 4.78 is 2.76. The molecule has 1 aliphatic heterocycles. The monoisotopic (exact) mass is 363 g/mol. The Morgan fingerprint density at radius 1 is 1.32 bits per heavy atom. The van der Waals surface area contributed by atoms with Gasteiger partial charge in [-0.2, -0.15) is 0 Å². The van der Waals surface area contributed by atoms with Crippen molar-refractivity contribution in [1.82, 2.24) is 14.3 Å². The third-order valence-corrected chi connectivity index (χ3v) is 4.42. The molecule has 0 aliphatic carbocycles. The average Bonchev–Trinajstić information content (AvgIpc) is 2.85. The van der Waals surface area contributed by atoms with E-state index in [1.165, 1.54) is 0 Å². The van der Waals surface area contributed by atoms with Crippen LogP contribution in [0.15, 0.2) is 22.8 Å². The van der Waals surface area contributed by atoms with Crippen molar-refractivity contribution in [3.8, 4) is 0 Å². The summed E-state index contributed by atoms with van der Waals surface area (Å²) >= 11 is 3.45. The van der Waals surface area contributed by atoms with Crippen molar-refractivity contribution in [3.63, 3.8) is 0 Å². The fourth-order valence-corrected chi connectivity index (χ4v) is 3.15. The van der Waals surface area contributed by atoms with Crippen molar-refractivity contribution in [2.45, 2.75) is 32.6 Å². The normalized spacial score (nSPS) is 15.5. The SMILES string of the molecule is CCCc1nc2ccc(Br)cn2c1C(=O)N1CCC(=O)CC1. The van der Waals surface area contributed by atoms with E-state index in [1.54, 1.807) is 4.90 Å². The van der Waals surface area contributed by atoms with Gasteiger partial charge in [-0.25, -0.2) is 4.98 Å². The number of carbonyl (C=O) groups is 2. The molecule has 2 aromatic rings. The number of nitrogens with zero attached hydrogens (tertiary/aromatic N) is 3. The molecule has 0 spiro atoms. The maximum atomic E-state index is 12.9. The lowest BCUT2D eigenvalue weighted by molar-refractivity contribution is -0.120. The molecule has 22 heavy (non-hydrogen) atoms. The quantitative estimate of drug-likeness (QED) is 0.842. The lowest BCUT2D eigenvalue weighted by Crippen LogP contribution is -2.39. The van der Waals surface area contributed by atoms with Crippen molar-refractivity contribution in [2.75, 3.05) is 13.1 Å². The molecule has 3 rings (SSSR count). The fraction of sp³-hybridized carbons (Fsp3) is 0.438. The molecule has 1 amide bonds. The lowest BCUT2D eigenvalue weighted by Gasteiger charge is -2.26. The van der Waals surface area contributed by atoms with E-state index in [9.17, 15) is 9.59 Å². The number of piperidine rings is 1. The van der Waals surface area contributed by atoms with Gasteiger partial charge in [0.25, 0.3) is 5.91 Å². The van der Waals surface area contributed by atoms with Crippen LogP contribution in [0.5, 0.6) is 0 Å². The molecule has 6 heteroatoms. The number of pyridine rings is 1. The molecule has 0 unspecified atom stereocenters. The molecule has 116 valence electrons. The number of likely N-dealkylation sites (tertiary alicyclic amines) is 1. The van der Waals surface area contributed by atoms with E-state index in [1.807, 2.05) is 22.7 Å². The molecular formula is C16H18BrN3O2. The van der Waals surface area contributed by atoms with E-state index >= 15 is 0 Å². The first kappa shape index (κ1) is 15.2. The van der Waals surface area contributed by atoms with Gasteiger partial charge in [-0.1, -0.05) is 13.3 Å². The van der Waals surface area contributed by atoms with Crippen LogP contribution < -0.4 is 0 Å². The summed E-state index contributed by atoms with van der Waals surface area (Å²) in [6.07, 6.45) is 4.49. The highest BCUT2D eigenvalue weighted by Crippen LogP contribution is 2.21. The molecule has 0 saturated carbocycles. The second kappa shape index (κ2) is 6.20. The van der Waals surface area contributed by atoms with Gasteiger partial charge in [-0.15, -0.1) is 0 Å². The van der Waals surface area contributed by atoms with Gasteiger partial charge in [0, 0.05) is 36.6 Å². The first-order valence-corrected chi connectivity index (χ1v) is 8.37. The summed E-state index contributed by atoms with van der Waals surface area (Å²) in [7, 11) is 0. The van der Waals surface area contributed by atoms with Crippen LogP contribution in [0.2, 0.25) is 0 Å². The molecular weight excluding hydrogens is 346 g/mol. The van der Waals surface area contributed by atoms with Crippen molar-refractivity contribution in [3.05, 3.63) is 34.2 Å². The average molecular weight is 364 g/mol. The molecule has 3 heterocycles. The van der Waals surface area contributed by atoms with Crippen LogP contribution in [0.25, 0.3) is 5.65 Å². The first-order chi connectivity index (χ1) is 10.6. The zero-order chi connectivity index (χ0) is 15.7. The summed E-state index contributed by atoms with van der Waals surface area (Å²) in [5.74, 6) is 0.209. The van der Waals surface area contributed by atoms with Gasteiger partial charge in [-0.3, -0.25) is 14.0 Å². The number of ketones is 1. The standard InChI is InChI=1S/C16H18BrN3O2/c1-2-3-13-15(16(22)19-8-6-12(21)7-9-19)20-10-11(17)4-5-14(20)18-13/h4-5,10H,2-3,6-9H2,1H3. The third kappa shape index (κ3) is 2.79. The van der Waals surface area contributed by atoms with E-state index in [4.69, 9.17) is 0 Å². The molecule has 5 nitrogen and oxygen atoms in total. The number of hydrogen-bond acceptors (Lipinski definition) is 3. The summed E-state index contributed by atoms with van der Waals surface area (Å²) in [4.78, 5) is 30.7. The van der Waals surface area contributed by atoms with E-state index in [0.29, 0.717) is 31.6 Å². The number of aromatic nitrogens is 2. The molecule has 0 N–H and O–H groups in total. The maximum Gasteiger partial charge on any atom is 0.272 e. The highest BCUT2D eigenvalue weighted by atomic mass is 79.9. The van der Waals surface area contributed by atoms with Crippen LogP contribution in [0, 0.1) is 0 Å². The van der Waals surface area contributed by atoms with E-state index in [-0.39, 0.29) is 11.7 Å². The fourth-order valence-electron chi connectivity index (χ4n) is 2.81. The molecule has 1 fully saturated rings. The smallest absolute Gasteiger partial charge is 0.272 e. The summed E-state index contributed by atoms with van der Waals surface area (Å²) in [6, 6.07) is 3.83. The Morgan fingerprint density at radius 2 is 2.05 bits per heavy atom. The first-order valence-electron chi connectivity index (χ1n) is 7.57. The molecule has 1 saturated heterocycles. The zero-order valence-corrected chi connectivity index (χ0v) is 14.1. The summed E-state index contributed by atoms with van der Waals surface area (Å²) in [5, 5.41) is 0. The van der Waals surface area contributed by atoms with Crippen LogP contribution in [0.1, 0.15) is 42.4 Å². The van der Waals surface area contributed by atoms with Crippen LogP contribution in [0.4, 0.5) is 0 Å². The second-order valence-electron chi connectivity index (χ2n) is 5.56. The topological polar surface area (TPSA) is 54.7 Å². The minimum absolute atomic E-state index is 0.0263. The van der Waals surface area contributed by atoms with Gasteiger partial charge >= 0.3 is 0 Å². The molecule has 0 radical (unpaired) electrons. The van der Waals surface area contributed by atoms with Crippen LogP contribution in [0.3, 0.4) is 0 Å². The molecule has 2 aromatic heterocycles. The van der Waals surface area contributed by atoms with Gasteiger partial charge in [0.1, 0.15) is 17.1 Å². The number of carbonyl (C=O) groups excluding carboxylic acids is 2. The number of amides is 1. The second-order valence-corrected chi connectivity index (χ2v) is 6.48. The Bertz CT molecular complexity index is 728. The minimum Gasteiger partial charge on any atom is -0.336 e. The third-order valence-electron chi connectivity index (χ3n) is 3.95. The minimum atomic E-state index is -0.0263. The summed E-state index contributed by atoms with van der Waals surface area (Å²) in [5.41, 5.74) is 2.25. The predicted octanol–water partition coefficient (Wildman–Crippen LogP) is 2.85. The van der Waals surface area contributed by atoms with Crippen LogP contribution in [-0.2, 0) is 11.2 Å². The summed E-state index contributed by atoms with van der Waals surface area (Å²) in [6.45, 7) is 3.09. The Labute approximate surface area is 137 Å². The molecule has 1 aliphatic rings. The molecule has 0 aromatic carbocycles. The highest BCUT2D eigenvalue weighted by Gasteiger charge is 2.27. The number of Topliss-reactive ketones (excluding diaryl/α,β-unsaturated/α-hetero) is 1. The number of hydrogen-bond donors (Lipinski definition) is 0. The number of imidazole rings is 1. The Balaban J connectivity index is 2.03. The van der Waals surface area contributed by atoms with Crippen molar-refractivity contribution in [1.29, 1.82) is 0 Å². The molecule has 0 bridgehead atoms. The largest absolute Gasteiger partial charge is 0.336 e. The van der Waals surface area contributed by atoms with Gasteiger partial charge in [-0.05, 0) is 34.5 Å². The zero-order valence-electron chi connectivity index (χ0n) is 12.5. The highest BCUT2D eigenvalue weighted by molar-refractivity contribution is 9.10. The van der Waals surface area contributed by atoms with Crippen molar-refractivity contribution in [2.24, 2.45) is 0 Å². The maximum absolute atomic E-state index is 12.9. The Kier molecular flexibility index (Phi) is 4.29. The van der Waals surface area contributed by atoms with Crippen LogP contribution >= 0.6 is 15.9 Å². The molecule has 0 atom stereocenters. The van der Waals surface area contributed by atoms with Crippen LogP contribution in [-0.4, -0.2) is 39.1 Å². The van der Waals surface area contributed by atoms with E-state index in [0.717, 1.165) is 28.7 Å². The number of halogens is 1. The number of rotatable bonds is 3. The van der Waals surface area contributed by atoms with Crippen molar-refractivity contribution >= 4 is 33.3 Å². The number of aryl methyl sites for hydroxylation is 1. The lowest BCUT2D eigenvalue weighted by atomic mass is 10.1.